The fourth-order valence-corrected chi connectivity index (χ4v) is 9.56. The van der Waals surface area contributed by atoms with Crippen molar-refractivity contribution in [2.75, 3.05) is 26.4 Å². The first kappa shape index (κ1) is 81.5. The lowest BCUT2D eigenvalue weighted by molar-refractivity contribution is 0.0408. The molecule has 92 heavy (non-hydrogen) atoms. The van der Waals surface area contributed by atoms with Crippen LogP contribution in [-0.2, 0) is 46.5 Å². The highest BCUT2D eigenvalue weighted by Crippen LogP contribution is 2.25. The fraction of sp³-hybridized carbons (Fsp3) is 0.514. The topological polar surface area (TPSA) is 133 Å². The molecule has 18 heteroatoms. The van der Waals surface area contributed by atoms with Crippen LogP contribution in [0.25, 0.3) is 0 Å². The summed E-state index contributed by atoms with van der Waals surface area (Å²) in [6, 6.07) is 59.4. The van der Waals surface area contributed by atoms with E-state index in [1.165, 1.54) is 69.7 Å². The van der Waals surface area contributed by atoms with Crippen molar-refractivity contribution in [1.82, 2.24) is 0 Å². The Morgan fingerprint density at radius 3 is 0.891 bits per heavy atom. The molecule has 2 saturated carbocycles. The molecule has 0 unspecified atom stereocenters. The molecule has 0 bridgehead atoms. The molecule has 8 rings (SSSR count). The maximum atomic E-state index is 8.58. The molecule has 2 aliphatic carbocycles. The Hall–Kier alpha value is -4.77. The van der Waals surface area contributed by atoms with Crippen LogP contribution < -0.4 is 32.8 Å². The lowest BCUT2D eigenvalue weighted by atomic mass is 9.77. The first-order chi connectivity index (χ1) is 44.2. The molecule has 0 amide bonds. The quantitative estimate of drug-likeness (QED) is 0.0358. The normalized spacial score (nSPS) is 13.2. The highest BCUT2D eigenvalue weighted by Gasteiger charge is 2.33. The van der Waals surface area contributed by atoms with E-state index in [4.69, 9.17) is 56.6 Å². The van der Waals surface area contributed by atoms with Gasteiger partial charge in [-0.2, -0.15) is 0 Å². The molecule has 2 aliphatic rings. The van der Waals surface area contributed by atoms with Crippen molar-refractivity contribution in [1.29, 1.82) is 0 Å². The van der Waals surface area contributed by atoms with E-state index < -0.39 is 7.12 Å². The summed E-state index contributed by atoms with van der Waals surface area (Å²) in [4.78, 5) is 0. The van der Waals surface area contributed by atoms with Crippen molar-refractivity contribution < 1.29 is 56.6 Å². The molecule has 0 heterocycles. The summed E-state index contributed by atoms with van der Waals surface area (Å²) in [5.41, 5.74) is 5.55. The van der Waals surface area contributed by atoms with Crippen molar-refractivity contribution >= 4 is 75.5 Å². The monoisotopic (exact) mass is 1260 g/mol. The van der Waals surface area contributed by atoms with E-state index in [2.05, 4.69) is 56.3 Å². The molecule has 0 radical (unpaired) electrons. The summed E-state index contributed by atoms with van der Waals surface area (Å²) in [6.45, 7) is 31.4. The van der Waals surface area contributed by atoms with E-state index >= 15 is 0 Å². The van der Waals surface area contributed by atoms with E-state index in [1.807, 2.05) is 198 Å². The standard InChI is InChI=1S/C18H27BO2.2C14H23BO2.C12H19BO2.C10H15BO2.C6H7BO2/c1-4-10-16(11-5-1)19(20-17-12-6-2-7-13-17)21-18-14-8-3-9-15-18;1-13(2,3)16-15(17-14(4,5)6)12-10-8-7-9-11-12;1-3-5-12-16-15(17-13-6-4-2)14-10-8-7-9-11-14;1-10(2)14-13(15-11(3)4)12-8-6-5-7-9-12;1-3-12-11(13-4-2)10-8-6-5-7-9-10;8-7(9)6-4-2-1-3-5-6/h1,4-5,10-11,17-18H,2-3,6-9,12-15H2;7-11H,1-6H3;7-11H,3-6,12-13H2,1-2H3;5-11H,1-4H3;5-9H,3-4H2,1-2H3;1-5,8-9H. The zero-order chi connectivity index (χ0) is 67.2. The minimum atomic E-state index is -1.34. The Balaban J connectivity index is 0.000000293. The van der Waals surface area contributed by atoms with Crippen molar-refractivity contribution in [2.24, 2.45) is 0 Å². The minimum Gasteiger partial charge on any atom is -0.423 e. The molecule has 0 atom stereocenters. The van der Waals surface area contributed by atoms with Gasteiger partial charge in [0, 0.05) is 62.0 Å². The highest BCUT2D eigenvalue weighted by atomic mass is 16.6. The third-order valence-corrected chi connectivity index (χ3v) is 14.1. The van der Waals surface area contributed by atoms with E-state index in [9.17, 15) is 0 Å². The number of rotatable bonds is 28. The Kier molecular flexibility index (Phi) is 43.3. The van der Waals surface area contributed by atoms with Gasteiger partial charge in [-0.3, -0.25) is 0 Å². The van der Waals surface area contributed by atoms with Crippen molar-refractivity contribution in [3.05, 3.63) is 182 Å². The largest absolute Gasteiger partial charge is 0.494 e. The van der Waals surface area contributed by atoms with Crippen molar-refractivity contribution in [3.8, 4) is 0 Å². The zero-order valence-electron chi connectivity index (χ0n) is 58.8. The van der Waals surface area contributed by atoms with Gasteiger partial charge in [0.15, 0.2) is 0 Å². The molecule has 6 aromatic rings. The highest BCUT2D eigenvalue weighted by molar-refractivity contribution is 6.63. The van der Waals surface area contributed by atoms with Crippen LogP contribution in [0.5, 0.6) is 0 Å². The second-order valence-corrected chi connectivity index (χ2v) is 25.5. The molecule has 12 nitrogen and oxygen atoms in total. The van der Waals surface area contributed by atoms with Crippen LogP contribution >= 0.6 is 0 Å². The molecule has 500 valence electrons. The summed E-state index contributed by atoms with van der Waals surface area (Å²) >= 11 is 0. The van der Waals surface area contributed by atoms with Crippen LogP contribution in [0.1, 0.15) is 187 Å². The maximum Gasteiger partial charge on any atom is 0.494 e. The molecule has 2 N–H and O–H groups in total. The molecule has 0 spiro atoms. The lowest BCUT2D eigenvalue weighted by Gasteiger charge is -2.30. The Bertz CT molecular complexity index is 2550. The van der Waals surface area contributed by atoms with Crippen LogP contribution in [-0.4, -0.2) is 115 Å². The van der Waals surface area contributed by atoms with Crippen LogP contribution in [0, 0.1) is 0 Å². The second-order valence-electron chi connectivity index (χ2n) is 25.5. The van der Waals surface area contributed by atoms with Crippen LogP contribution in [0.3, 0.4) is 0 Å². The SMILES string of the molecule is CC(C)(C)OB(OC(C)(C)C)c1ccccc1.CC(C)OB(OC(C)C)c1ccccc1.CCCCOB(OCCCC)c1ccccc1.CCOB(OCC)c1ccccc1.OB(O)c1ccccc1.c1ccc(B(OC2CCCCC2)OC2CCCCC2)cc1. The molecule has 2 fully saturated rings. The van der Waals surface area contributed by atoms with Gasteiger partial charge in [-0.25, -0.2) is 0 Å². The minimum absolute atomic E-state index is 0.161. The Morgan fingerprint density at radius 1 is 0.359 bits per heavy atom. The Labute approximate surface area is 560 Å². The molecular formula is C74H114B6O12. The second kappa shape index (κ2) is 48.9. The van der Waals surface area contributed by atoms with Gasteiger partial charge in [0.05, 0.1) is 0 Å². The Morgan fingerprint density at radius 2 is 0.630 bits per heavy atom. The number of hydrogen-bond donors (Lipinski definition) is 2. The molecule has 0 saturated heterocycles. The summed E-state index contributed by atoms with van der Waals surface area (Å²) in [5, 5.41) is 17.2. The van der Waals surface area contributed by atoms with Gasteiger partial charge in [-0.15, -0.1) is 0 Å². The van der Waals surface area contributed by atoms with Gasteiger partial charge in [-0.1, -0.05) is 247 Å². The van der Waals surface area contributed by atoms with Gasteiger partial charge >= 0.3 is 42.7 Å². The van der Waals surface area contributed by atoms with E-state index in [0.29, 0.717) is 30.9 Å². The van der Waals surface area contributed by atoms with Gasteiger partial charge < -0.3 is 56.6 Å². The van der Waals surface area contributed by atoms with Gasteiger partial charge in [-0.05, 0) is 154 Å². The number of unbranched alkanes of at least 4 members (excludes halogenated alkanes) is 2. The first-order valence-electron chi connectivity index (χ1n) is 34.3. The molecular weight excluding hydrogens is 1150 g/mol. The molecule has 0 aliphatic heterocycles. The third-order valence-electron chi connectivity index (χ3n) is 14.1. The van der Waals surface area contributed by atoms with Crippen LogP contribution in [0.15, 0.2) is 182 Å². The van der Waals surface area contributed by atoms with Crippen molar-refractivity contribution in [2.45, 2.75) is 222 Å². The predicted octanol–water partition coefficient (Wildman–Crippen LogP) is 13.2. The van der Waals surface area contributed by atoms with E-state index in [-0.39, 0.29) is 59.0 Å². The summed E-state index contributed by atoms with van der Waals surface area (Å²) in [7, 11) is -2.50. The number of benzene rings is 6. The average Bonchev–Trinajstić information content (AvgIpc) is 2.06. The van der Waals surface area contributed by atoms with E-state index in [0.717, 1.165) is 60.7 Å². The van der Waals surface area contributed by atoms with Gasteiger partial charge in [0.2, 0.25) is 0 Å². The zero-order valence-corrected chi connectivity index (χ0v) is 58.8. The molecule has 6 aromatic carbocycles. The number of hydrogen-bond acceptors (Lipinski definition) is 12. The fourth-order valence-electron chi connectivity index (χ4n) is 9.56. The average molecular weight is 1260 g/mol. The summed E-state index contributed by atoms with van der Waals surface area (Å²) < 4.78 is 58.6. The van der Waals surface area contributed by atoms with Gasteiger partial charge in [0.25, 0.3) is 0 Å². The first-order valence-corrected chi connectivity index (χ1v) is 34.3. The third kappa shape index (κ3) is 38.6. The van der Waals surface area contributed by atoms with Crippen LogP contribution in [0.2, 0.25) is 0 Å². The van der Waals surface area contributed by atoms with Crippen LogP contribution in [0.4, 0.5) is 0 Å². The van der Waals surface area contributed by atoms with Gasteiger partial charge in [0.1, 0.15) is 0 Å². The summed E-state index contributed by atoms with van der Waals surface area (Å²) in [6.07, 6.45) is 18.2. The predicted molar refractivity (Wildman–Crippen MR) is 390 cm³/mol. The van der Waals surface area contributed by atoms with E-state index in [1.54, 1.807) is 24.3 Å². The maximum absolute atomic E-state index is 8.58. The molecule has 0 aromatic heterocycles. The summed E-state index contributed by atoms with van der Waals surface area (Å²) in [5.74, 6) is 0. The lowest BCUT2D eigenvalue weighted by Crippen LogP contribution is -2.46. The smallest absolute Gasteiger partial charge is 0.423 e. The van der Waals surface area contributed by atoms with Crippen molar-refractivity contribution in [3.63, 3.8) is 0 Å².